The molecule has 0 aliphatic carbocycles. The van der Waals surface area contributed by atoms with Crippen molar-refractivity contribution in [3.8, 4) is 5.75 Å². The number of amides is 1. The van der Waals surface area contributed by atoms with E-state index in [-0.39, 0.29) is 5.91 Å². The first-order chi connectivity index (χ1) is 10.3. The molecule has 2 aromatic rings. The number of hydrogen-bond donors (Lipinski definition) is 1. The van der Waals surface area contributed by atoms with Gasteiger partial charge in [-0.05, 0) is 29.9 Å². The SMILES string of the molecule is O=C1Nc2ccccc2C1=CC1=Cc2ccccc2OC1. The smallest absolute Gasteiger partial charge is 0.256 e. The molecule has 2 heterocycles. The van der Waals surface area contributed by atoms with Gasteiger partial charge in [0.1, 0.15) is 12.4 Å². The lowest BCUT2D eigenvalue weighted by Gasteiger charge is -2.16. The Kier molecular flexibility index (Phi) is 2.64. The lowest BCUT2D eigenvalue weighted by Crippen LogP contribution is -2.08. The van der Waals surface area contributed by atoms with Crippen LogP contribution in [-0.2, 0) is 4.79 Å². The first-order valence-corrected chi connectivity index (χ1v) is 6.86. The van der Waals surface area contributed by atoms with Gasteiger partial charge in [0.05, 0.1) is 0 Å². The van der Waals surface area contributed by atoms with Crippen molar-refractivity contribution in [2.45, 2.75) is 0 Å². The fourth-order valence-electron chi connectivity index (χ4n) is 2.68. The van der Waals surface area contributed by atoms with E-state index in [0.717, 1.165) is 28.1 Å². The van der Waals surface area contributed by atoms with Crippen molar-refractivity contribution in [3.63, 3.8) is 0 Å². The number of carbonyl (C=O) groups is 1. The van der Waals surface area contributed by atoms with Crippen molar-refractivity contribution in [2.24, 2.45) is 0 Å². The third kappa shape index (κ3) is 2.03. The molecule has 1 amide bonds. The molecular formula is C18H13NO2. The van der Waals surface area contributed by atoms with Gasteiger partial charge in [-0.1, -0.05) is 36.4 Å². The minimum atomic E-state index is -0.0593. The second kappa shape index (κ2) is 4.63. The van der Waals surface area contributed by atoms with Crippen LogP contribution in [0.1, 0.15) is 11.1 Å². The Hall–Kier alpha value is -2.81. The predicted molar refractivity (Wildman–Crippen MR) is 83.0 cm³/mol. The average molecular weight is 275 g/mol. The zero-order chi connectivity index (χ0) is 14.2. The Balaban J connectivity index is 1.76. The molecule has 0 spiro atoms. The van der Waals surface area contributed by atoms with Crippen LogP contribution in [0.3, 0.4) is 0 Å². The van der Waals surface area contributed by atoms with E-state index in [0.29, 0.717) is 12.2 Å². The summed E-state index contributed by atoms with van der Waals surface area (Å²) < 4.78 is 5.72. The molecule has 2 aromatic carbocycles. The number of ether oxygens (including phenoxy) is 1. The second-order valence-electron chi connectivity index (χ2n) is 5.10. The van der Waals surface area contributed by atoms with E-state index >= 15 is 0 Å². The highest BCUT2D eigenvalue weighted by Gasteiger charge is 2.24. The molecule has 0 fully saturated rings. The molecule has 2 aliphatic heterocycles. The minimum absolute atomic E-state index is 0.0593. The summed E-state index contributed by atoms with van der Waals surface area (Å²) in [6, 6.07) is 15.6. The zero-order valence-corrected chi connectivity index (χ0v) is 11.3. The Morgan fingerprint density at radius 3 is 2.81 bits per heavy atom. The van der Waals surface area contributed by atoms with E-state index in [2.05, 4.69) is 11.4 Å². The number of nitrogens with one attached hydrogen (secondary N) is 1. The largest absolute Gasteiger partial charge is 0.488 e. The van der Waals surface area contributed by atoms with Gasteiger partial charge in [0.2, 0.25) is 0 Å². The van der Waals surface area contributed by atoms with Crippen molar-refractivity contribution in [1.29, 1.82) is 0 Å². The van der Waals surface area contributed by atoms with E-state index in [1.807, 2.05) is 54.6 Å². The summed E-state index contributed by atoms with van der Waals surface area (Å²) in [5.41, 5.74) is 4.55. The minimum Gasteiger partial charge on any atom is -0.488 e. The van der Waals surface area contributed by atoms with Crippen molar-refractivity contribution >= 4 is 23.2 Å². The maximum atomic E-state index is 12.1. The molecule has 102 valence electrons. The van der Waals surface area contributed by atoms with Gasteiger partial charge in [-0.25, -0.2) is 0 Å². The van der Waals surface area contributed by atoms with E-state index in [9.17, 15) is 4.79 Å². The summed E-state index contributed by atoms with van der Waals surface area (Å²) in [4.78, 5) is 12.1. The van der Waals surface area contributed by atoms with Gasteiger partial charge in [-0.3, -0.25) is 4.79 Å². The molecular weight excluding hydrogens is 262 g/mol. The highest BCUT2D eigenvalue weighted by molar-refractivity contribution is 6.31. The van der Waals surface area contributed by atoms with Crippen molar-refractivity contribution < 1.29 is 9.53 Å². The Morgan fingerprint density at radius 1 is 1.05 bits per heavy atom. The summed E-state index contributed by atoms with van der Waals surface area (Å²) in [5.74, 6) is 0.826. The van der Waals surface area contributed by atoms with E-state index < -0.39 is 0 Å². The number of benzene rings is 2. The van der Waals surface area contributed by atoms with Gasteiger partial charge in [-0.2, -0.15) is 0 Å². The monoisotopic (exact) mass is 275 g/mol. The average Bonchev–Trinajstić information content (AvgIpc) is 2.83. The molecule has 3 nitrogen and oxygen atoms in total. The van der Waals surface area contributed by atoms with Crippen LogP contribution in [0.25, 0.3) is 11.6 Å². The summed E-state index contributed by atoms with van der Waals surface area (Å²) in [6.45, 7) is 0.482. The molecule has 0 bridgehead atoms. The van der Waals surface area contributed by atoms with Crippen LogP contribution in [0.2, 0.25) is 0 Å². The van der Waals surface area contributed by atoms with E-state index in [4.69, 9.17) is 4.74 Å². The Morgan fingerprint density at radius 2 is 1.86 bits per heavy atom. The number of rotatable bonds is 1. The third-order valence-corrected chi connectivity index (χ3v) is 3.69. The van der Waals surface area contributed by atoms with Gasteiger partial charge in [0.25, 0.3) is 5.91 Å². The van der Waals surface area contributed by atoms with Gasteiger partial charge in [-0.15, -0.1) is 0 Å². The molecule has 0 radical (unpaired) electrons. The molecule has 0 atom stereocenters. The van der Waals surface area contributed by atoms with Gasteiger partial charge in [0, 0.05) is 22.4 Å². The molecule has 0 unspecified atom stereocenters. The predicted octanol–water partition coefficient (Wildman–Crippen LogP) is 3.50. The third-order valence-electron chi connectivity index (χ3n) is 3.69. The molecule has 3 heteroatoms. The van der Waals surface area contributed by atoms with Gasteiger partial charge >= 0.3 is 0 Å². The van der Waals surface area contributed by atoms with Crippen molar-refractivity contribution in [2.75, 3.05) is 11.9 Å². The quantitative estimate of drug-likeness (QED) is 0.809. The van der Waals surface area contributed by atoms with Crippen molar-refractivity contribution in [3.05, 3.63) is 71.3 Å². The Bertz CT molecular complexity index is 802. The topological polar surface area (TPSA) is 38.3 Å². The van der Waals surface area contributed by atoms with Crippen LogP contribution in [0.15, 0.2) is 60.2 Å². The van der Waals surface area contributed by atoms with Crippen molar-refractivity contribution in [1.82, 2.24) is 0 Å². The standard InChI is InChI=1S/C18H13NO2/c20-18-15(14-6-2-3-7-16(14)19-18)10-12-9-13-5-1-4-8-17(13)21-11-12/h1-10H,11H2,(H,19,20). The summed E-state index contributed by atoms with van der Waals surface area (Å²) in [5, 5.41) is 2.88. The van der Waals surface area contributed by atoms with Gasteiger partial charge < -0.3 is 10.1 Å². The molecule has 4 rings (SSSR count). The van der Waals surface area contributed by atoms with Crippen LogP contribution in [0, 0.1) is 0 Å². The number of para-hydroxylation sites is 2. The number of fused-ring (bicyclic) bond motifs is 2. The molecule has 1 N–H and O–H groups in total. The lowest BCUT2D eigenvalue weighted by molar-refractivity contribution is -0.110. The van der Waals surface area contributed by atoms with E-state index in [1.165, 1.54) is 0 Å². The highest BCUT2D eigenvalue weighted by atomic mass is 16.5. The highest BCUT2D eigenvalue weighted by Crippen LogP contribution is 2.33. The first-order valence-electron chi connectivity index (χ1n) is 6.86. The maximum absolute atomic E-state index is 12.1. The fourth-order valence-corrected chi connectivity index (χ4v) is 2.68. The van der Waals surface area contributed by atoms with E-state index in [1.54, 1.807) is 0 Å². The fraction of sp³-hybridized carbons (Fsp3) is 0.0556. The summed E-state index contributed by atoms with van der Waals surface area (Å²) in [6.07, 6.45) is 3.98. The zero-order valence-electron chi connectivity index (χ0n) is 11.3. The Labute approximate surface area is 122 Å². The molecule has 0 aromatic heterocycles. The molecule has 0 saturated carbocycles. The van der Waals surface area contributed by atoms with Crippen LogP contribution in [0.5, 0.6) is 5.75 Å². The molecule has 2 aliphatic rings. The molecule has 0 saturated heterocycles. The number of anilines is 1. The maximum Gasteiger partial charge on any atom is 0.256 e. The second-order valence-corrected chi connectivity index (χ2v) is 5.10. The van der Waals surface area contributed by atoms with Crippen LogP contribution in [0.4, 0.5) is 5.69 Å². The normalized spacial score (nSPS) is 17.6. The summed E-state index contributed by atoms with van der Waals surface area (Å²) in [7, 11) is 0. The van der Waals surface area contributed by atoms with Crippen LogP contribution < -0.4 is 10.1 Å². The summed E-state index contributed by atoms with van der Waals surface area (Å²) >= 11 is 0. The number of hydrogen-bond acceptors (Lipinski definition) is 2. The molecule has 21 heavy (non-hydrogen) atoms. The lowest BCUT2D eigenvalue weighted by atomic mass is 10.0. The number of carbonyl (C=O) groups excluding carboxylic acids is 1. The van der Waals surface area contributed by atoms with Gasteiger partial charge in [0.15, 0.2) is 0 Å². The van der Waals surface area contributed by atoms with Crippen LogP contribution in [-0.4, -0.2) is 12.5 Å². The first kappa shape index (κ1) is 12.0. The van der Waals surface area contributed by atoms with Crippen LogP contribution >= 0.6 is 0 Å².